The van der Waals surface area contributed by atoms with E-state index in [0.717, 1.165) is 37.4 Å². The fourth-order valence-corrected chi connectivity index (χ4v) is 3.43. The molecule has 1 atom stereocenters. The highest BCUT2D eigenvalue weighted by Gasteiger charge is 2.21. The Hall–Kier alpha value is -2.70. The Morgan fingerprint density at radius 1 is 1.29 bits per heavy atom. The maximum absolute atomic E-state index is 12.5. The van der Waals surface area contributed by atoms with E-state index in [4.69, 9.17) is 15.6 Å². The number of benzene rings is 1. The molecule has 2 N–H and O–H groups in total. The maximum Gasteiger partial charge on any atom is 0.277 e. The maximum atomic E-state index is 12.5. The summed E-state index contributed by atoms with van der Waals surface area (Å²) in [6.45, 7) is 8.89. The first-order chi connectivity index (χ1) is 14.9. The van der Waals surface area contributed by atoms with E-state index in [9.17, 15) is 9.90 Å². The molecule has 0 radical (unpaired) electrons. The van der Waals surface area contributed by atoms with Crippen LogP contribution < -0.4 is 5.32 Å². The molecule has 8 nitrogen and oxygen atoms in total. The van der Waals surface area contributed by atoms with E-state index in [1.165, 1.54) is 11.8 Å². The summed E-state index contributed by atoms with van der Waals surface area (Å²) in [5.74, 6) is 2.61. The number of oxazole rings is 1. The van der Waals surface area contributed by atoms with Crippen molar-refractivity contribution in [2.75, 3.05) is 51.3 Å². The van der Waals surface area contributed by atoms with Gasteiger partial charge < -0.3 is 19.6 Å². The monoisotopic (exact) mass is 426 g/mol. The molecule has 1 amide bonds. The van der Waals surface area contributed by atoms with Crippen LogP contribution in [0.5, 0.6) is 0 Å². The molecule has 8 heteroatoms. The number of ether oxygens (including phenoxy) is 1. The number of hydrogen-bond acceptors (Lipinski definition) is 7. The molecule has 2 aromatic rings. The zero-order chi connectivity index (χ0) is 22.2. The largest absolute Gasteiger partial charge is 0.447 e. The average Bonchev–Trinajstić information content (AvgIpc) is 3.21. The highest BCUT2D eigenvalue weighted by Crippen LogP contribution is 2.16. The minimum Gasteiger partial charge on any atom is -0.447 e. The molecule has 1 aromatic heterocycles. The Morgan fingerprint density at radius 3 is 2.74 bits per heavy atom. The third kappa shape index (κ3) is 6.91. The van der Waals surface area contributed by atoms with Crippen molar-refractivity contribution in [3.63, 3.8) is 0 Å². The van der Waals surface area contributed by atoms with Gasteiger partial charge in [0, 0.05) is 38.4 Å². The molecule has 1 aliphatic heterocycles. The van der Waals surface area contributed by atoms with Gasteiger partial charge in [-0.2, -0.15) is 0 Å². The van der Waals surface area contributed by atoms with E-state index in [1.54, 1.807) is 0 Å². The van der Waals surface area contributed by atoms with Gasteiger partial charge in [-0.15, -0.1) is 6.42 Å². The minimum atomic E-state index is -0.551. The van der Waals surface area contributed by atoms with Crippen LogP contribution in [0.15, 0.2) is 28.9 Å². The van der Waals surface area contributed by atoms with E-state index in [2.05, 4.69) is 26.0 Å². The zero-order valence-electron chi connectivity index (χ0n) is 18.1. The lowest BCUT2D eigenvalue weighted by atomic mass is 10.1. The molecule has 1 aromatic carbocycles. The van der Waals surface area contributed by atoms with Crippen molar-refractivity contribution in [3.8, 4) is 12.3 Å². The van der Waals surface area contributed by atoms with E-state index in [0.29, 0.717) is 19.0 Å². The number of nitrogens with zero attached hydrogens (tertiary/aromatic N) is 3. The standard InChI is InChI=1S/C23H30N4O4/c1-4-11-30-15-20(28)13-26-7-9-27(10-8-26)14-22-25-21(16-31-22)23(29)24-19-6-5-17(2)18(3)12-19/h1,5-6,12,16,20,28H,7-11,13-15H2,2-3H3,(H,24,29). The van der Waals surface area contributed by atoms with Gasteiger partial charge in [0.25, 0.3) is 5.91 Å². The second kappa shape index (κ2) is 11.1. The molecular formula is C23H30N4O4. The van der Waals surface area contributed by atoms with Crippen LogP contribution in [-0.2, 0) is 11.3 Å². The highest BCUT2D eigenvalue weighted by atomic mass is 16.5. The van der Waals surface area contributed by atoms with Crippen LogP contribution in [0.1, 0.15) is 27.5 Å². The molecule has 1 saturated heterocycles. The Kier molecular flexibility index (Phi) is 8.20. The summed E-state index contributed by atoms with van der Waals surface area (Å²) in [5.41, 5.74) is 3.29. The third-order valence-corrected chi connectivity index (χ3v) is 5.34. The molecular weight excluding hydrogens is 396 g/mol. The Labute approximate surface area is 183 Å². The molecule has 31 heavy (non-hydrogen) atoms. The lowest BCUT2D eigenvalue weighted by Gasteiger charge is -2.34. The minimum absolute atomic E-state index is 0.214. The van der Waals surface area contributed by atoms with Gasteiger partial charge in [-0.1, -0.05) is 12.0 Å². The molecule has 0 aliphatic carbocycles. The summed E-state index contributed by atoms with van der Waals surface area (Å²) in [7, 11) is 0. The summed E-state index contributed by atoms with van der Waals surface area (Å²) < 4.78 is 10.7. The number of aliphatic hydroxyl groups is 1. The Morgan fingerprint density at radius 2 is 2.03 bits per heavy atom. The van der Waals surface area contributed by atoms with Crippen molar-refractivity contribution in [2.45, 2.75) is 26.5 Å². The van der Waals surface area contributed by atoms with Crippen LogP contribution in [0.2, 0.25) is 0 Å². The fourth-order valence-electron chi connectivity index (χ4n) is 3.43. The summed E-state index contributed by atoms with van der Waals surface area (Å²) in [6, 6.07) is 5.78. The van der Waals surface area contributed by atoms with Crippen LogP contribution in [0.4, 0.5) is 5.69 Å². The predicted octanol–water partition coefficient (Wildman–Crippen LogP) is 1.67. The first kappa shape index (κ1) is 23.0. The Balaban J connectivity index is 1.43. The zero-order valence-corrected chi connectivity index (χ0v) is 18.1. The summed E-state index contributed by atoms with van der Waals surface area (Å²) in [4.78, 5) is 21.2. The molecule has 3 rings (SSSR count). The SMILES string of the molecule is C#CCOCC(O)CN1CCN(Cc2nc(C(=O)Nc3ccc(C)c(C)c3)co2)CC1. The van der Waals surface area contributed by atoms with Gasteiger partial charge in [-0.05, 0) is 37.1 Å². The topological polar surface area (TPSA) is 91.1 Å². The molecule has 1 aliphatic rings. The van der Waals surface area contributed by atoms with Crippen molar-refractivity contribution < 1.29 is 19.1 Å². The number of β-amino-alcohol motifs (C(OH)–C–C–N with tert-alkyl or cyclic N) is 1. The number of hydrogen-bond donors (Lipinski definition) is 2. The fraction of sp³-hybridized carbons (Fsp3) is 0.478. The number of carbonyl (C=O) groups is 1. The number of aryl methyl sites for hydroxylation is 2. The number of anilines is 1. The van der Waals surface area contributed by atoms with Gasteiger partial charge in [0.2, 0.25) is 5.89 Å². The smallest absolute Gasteiger partial charge is 0.277 e. The van der Waals surface area contributed by atoms with Crippen molar-refractivity contribution in [3.05, 3.63) is 47.2 Å². The van der Waals surface area contributed by atoms with E-state index < -0.39 is 6.10 Å². The van der Waals surface area contributed by atoms with Crippen molar-refractivity contribution in [2.24, 2.45) is 0 Å². The van der Waals surface area contributed by atoms with Crippen molar-refractivity contribution in [1.82, 2.24) is 14.8 Å². The van der Waals surface area contributed by atoms with Gasteiger partial charge >= 0.3 is 0 Å². The molecule has 1 unspecified atom stereocenters. The van der Waals surface area contributed by atoms with Gasteiger partial charge in [0.15, 0.2) is 5.69 Å². The number of aliphatic hydroxyl groups excluding tert-OH is 1. The van der Waals surface area contributed by atoms with E-state index >= 15 is 0 Å². The first-order valence-electron chi connectivity index (χ1n) is 10.4. The van der Waals surface area contributed by atoms with Gasteiger partial charge in [0.1, 0.15) is 12.9 Å². The van der Waals surface area contributed by atoms with Crippen molar-refractivity contribution in [1.29, 1.82) is 0 Å². The molecule has 166 valence electrons. The average molecular weight is 427 g/mol. The van der Waals surface area contributed by atoms with E-state index in [1.807, 2.05) is 32.0 Å². The van der Waals surface area contributed by atoms with Gasteiger partial charge in [0.05, 0.1) is 19.3 Å². The lowest BCUT2D eigenvalue weighted by Crippen LogP contribution is -2.48. The number of rotatable bonds is 9. The predicted molar refractivity (Wildman–Crippen MR) is 118 cm³/mol. The van der Waals surface area contributed by atoms with Crippen LogP contribution in [-0.4, -0.2) is 77.8 Å². The number of carbonyl (C=O) groups excluding carboxylic acids is 1. The van der Waals surface area contributed by atoms with Crippen molar-refractivity contribution >= 4 is 11.6 Å². The van der Waals surface area contributed by atoms with E-state index in [-0.39, 0.29) is 24.8 Å². The van der Waals surface area contributed by atoms with Crippen LogP contribution in [0, 0.1) is 26.2 Å². The van der Waals surface area contributed by atoms with Gasteiger partial charge in [-0.3, -0.25) is 14.6 Å². The number of aromatic nitrogens is 1. The third-order valence-electron chi connectivity index (χ3n) is 5.34. The summed E-state index contributed by atoms with van der Waals surface area (Å²) in [6.07, 6.45) is 5.98. The quantitative estimate of drug-likeness (QED) is 0.466. The molecule has 0 bridgehead atoms. The first-order valence-corrected chi connectivity index (χ1v) is 10.4. The highest BCUT2D eigenvalue weighted by molar-refractivity contribution is 6.02. The number of nitrogens with one attached hydrogen (secondary N) is 1. The summed E-state index contributed by atoms with van der Waals surface area (Å²) >= 11 is 0. The lowest BCUT2D eigenvalue weighted by molar-refractivity contribution is 0.0146. The number of piperazine rings is 1. The van der Waals surface area contributed by atoms with Gasteiger partial charge in [-0.25, -0.2) is 4.98 Å². The molecule has 0 saturated carbocycles. The van der Waals surface area contributed by atoms with Crippen LogP contribution in [0.25, 0.3) is 0 Å². The molecule has 2 heterocycles. The molecule has 0 spiro atoms. The number of terminal acetylenes is 1. The number of amides is 1. The second-order valence-corrected chi connectivity index (χ2v) is 7.83. The van der Waals surface area contributed by atoms with Crippen LogP contribution >= 0.6 is 0 Å². The summed E-state index contributed by atoms with van der Waals surface area (Å²) in [5, 5.41) is 12.9. The second-order valence-electron chi connectivity index (χ2n) is 7.83. The molecule has 1 fully saturated rings. The van der Waals surface area contributed by atoms with Crippen LogP contribution in [0.3, 0.4) is 0 Å². The Bertz CT molecular complexity index is 913. The normalized spacial score (nSPS) is 16.1.